The van der Waals surface area contributed by atoms with Crippen LogP contribution in [0.4, 0.5) is 10.1 Å². The number of aromatic nitrogens is 1. The number of amides is 2. The highest BCUT2D eigenvalue weighted by molar-refractivity contribution is 6.12. The van der Waals surface area contributed by atoms with Crippen LogP contribution in [-0.4, -0.2) is 97.9 Å². The van der Waals surface area contributed by atoms with Gasteiger partial charge in [0.1, 0.15) is 17.9 Å². The second-order valence-corrected chi connectivity index (χ2v) is 12.8. The molecule has 0 saturated carbocycles. The molecular formula is C37H41FN8O3. The van der Waals surface area contributed by atoms with Gasteiger partial charge < -0.3 is 20.3 Å². The van der Waals surface area contributed by atoms with Gasteiger partial charge in [0.2, 0.25) is 17.7 Å². The van der Waals surface area contributed by atoms with E-state index in [-0.39, 0.29) is 35.6 Å². The number of aryl methyl sites for hydroxylation is 1. The Morgan fingerprint density at radius 2 is 1.90 bits per heavy atom. The number of amidine groups is 1. The van der Waals surface area contributed by atoms with Gasteiger partial charge in [-0.25, -0.2) is 14.4 Å². The largest absolute Gasteiger partial charge is 0.481 e. The number of carbonyl (C=O) groups excluding carboxylic acids is 2. The molecule has 2 fully saturated rings. The molecule has 3 aliphatic heterocycles. The number of nitrogens with one attached hydrogen (secondary N) is 1. The van der Waals surface area contributed by atoms with E-state index in [4.69, 9.17) is 15.9 Å². The normalized spacial score (nSPS) is 20.0. The summed E-state index contributed by atoms with van der Waals surface area (Å²) in [5, 5.41) is 8.75. The Bertz CT molecular complexity index is 1870. The van der Waals surface area contributed by atoms with Crippen molar-refractivity contribution in [1.29, 1.82) is 5.41 Å². The van der Waals surface area contributed by atoms with Crippen molar-refractivity contribution in [2.45, 2.75) is 26.2 Å². The number of anilines is 1. The van der Waals surface area contributed by atoms with Crippen molar-refractivity contribution in [3.63, 3.8) is 0 Å². The van der Waals surface area contributed by atoms with Crippen LogP contribution in [-0.2, 0) is 9.59 Å². The van der Waals surface area contributed by atoms with Gasteiger partial charge in [-0.1, -0.05) is 36.4 Å². The third-order valence-electron chi connectivity index (χ3n) is 9.80. The van der Waals surface area contributed by atoms with Gasteiger partial charge in [-0.3, -0.25) is 24.9 Å². The highest BCUT2D eigenvalue weighted by Crippen LogP contribution is 2.42. The van der Waals surface area contributed by atoms with Crippen LogP contribution in [0, 0.1) is 23.6 Å². The number of methoxy groups -OCH3 is 1. The maximum atomic E-state index is 14.7. The molecule has 49 heavy (non-hydrogen) atoms. The average Bonchev–Trinajstić information content (AvgIpc) is 3.68. The lowest BCUT2D eigenvalue weighted by Crippen LogP contribution is -2.43. The molecule has 11 nitrogen and oxygen atoms in total. The van der Waals surface area contributed by atoms with Crippen molar-refractivity contribution in [3.8, 4) is 5.88 Å². The lowest BCUT2D eigenvalue weighted by molar-refractivity contribution is -0.132. The highest BCUT2D eigenvalue weighted by atomic mass is 19.1. The zero-order chi connectivity index (χ0) is 34.7. The number of nitrogens with zero attached hydrogens (tertiary/aromatic N) is 6. The smallest absolute Gasteiger partial charge is 0.237 e. The topological polar surface area (TPSA) is 141 Å². The van der Waals surface area contributed by atoms with E-state index in [1.807, 2.05) is 48.2 Å². The van der Waals surface area contributed by atoms with E-state index in [0.717, 1.165) is 23.1 Å². The first-order chi connectivity index (χ1) is 23.6. The summed E-state index contributed by atoms with van der Waals surface area (Å²) in [6.45, 7) is 5.03. The number of pyridine rings is 1. The zero-order valence-corrected chi connectivity index (χ0v) is 28.1. The van der Waals surface area contributed by atoms with E-state index < -0.39 is 11.2 Å². The van der Waals surface area contributed by atoms with Crippen LogP contribution < -0.4 is 15.4 Å². The summed E-state index contributed by atoms with van der Waals surface area (Å²) in [7, 11) is 3.08. The molecular weight excluding hydrogens is 623 g/mol. The van der Waals surface area contributed by atoms with Gasteiger partial charge in [0.05, 0.1) is 24.8 Å². The molecule has 1 spiro atoms. The molecule has 3 aliphatic rings. The summed E-state index contributed by atoms with van der Waals surface area (Å²) >= 11 is 0. The Labute approximate surface area is 285 Å². The Kier molecular flexibility index (Phi) is 9.68. The fourth-order valence-electron chi connectivity index (χ4n) is 6.93. The van der Waals surface area contributed by atoms with Crippen LogP contribution in [0.1, 0.15) is 47.2 Å². The molecule has 4 heterocycles. The number of hydrogen-bond donors (Lipinski definition) is 2. The van der Waals surface area contributed by atoms with Gasteiger partial charge in [0, 0.05) is 56.1 Å². The molecule has 3 N–H and O–H groups in total. The fourth-order valence-corrected chi connectivity index (χ4v) is 6.93. The highest BCUT2D eigenvalue weighted by Gasteiger charge is 2.51. The van der Waals surface area contributed by atoms with E-state index in [1.54, 1.807) is 18.0 Å². The Morgan fingerprint density at radius 3 is 2.61 bits per heavy atom. The van der Waals surface area contributed by atoms with Gasteiger partial charge >= 0.3 is 0 Å². The number of benzene rings is 2. The molecule has 2 amide bonds. The van der Waals surface area contributed by atoms with Crippen LogP contribution >= 0.6 is 0 Å². The van der Waals surface area contributed by atoms with Gasteiger partial charge in [0.15, 0.2) is 5.82 Å². The molecule has 1 aromatic heterocycles. The number of carbonyl (C=O) groups is 2. The van der Waals surface area contributed by atoms with Crippen molar-refractivity contribution in [3.05, 3.63) is 94.4 Å². The van der Waals surface area contributed by atoms with Gasteiger partial charge in [-0.2, -0.15) is 0 Å². The summed E-state index contributed by atoms with van der Waals surface area (Å²) in [5.41, 5.74) is 10.3. The minimum atomic E-state index is -0.616. The molecule has 1 atom stereocenters. The number of hydrogen-bond acceptors (Lipinski definition) is 7. The van der Waals surface area contributed by atoms with E-state index >= 15 is 0 Å². The summed E-state index contributed by atoms with van der Waals surface area (Å²) in [6, 6.07) is 16.1. The Morgan fingerprint density at radius 1 is 1.12 bits per heavy atom. The molecule has 0 unspecified atom stereocenters. The SMILES string of the molecule is CN=CN=C(N)c1ccc(C2=CCN(C(=O)CN3CC[C@]4(CCN(c5ccc(C)c(C(=N)c6nc(OC)ccc6F)c5)C4=O)C3)CC2)cc1. The van der Waals surface area contributed by atoms with Crippen LogP contribution in [0.2, 0.25) is 0 Å². The number of nitrogens with two attached hydrogens (primary N) is 1. The zero-order valence-electron chi connectivity index (χ0n) is 28.1. The molecule has 2 aromatic carbocycles. The van der Waals surface area contributed by atoms with Gasteiger partial charge in [0.25, 0.3) is 0 Å². The van der Waals surface area contributed by atoms with Crippen LogP contribution in [0.15, 0.2) is 70.7 Å². The van der Waals surface area contributed by atoms with Crippen molar-refractivity contribution in [2.75, 3.05) is 58.3 Å². The third kappa shape index (κ3) is 6.86. The first kappa shape index (κ1) is 33.7. The number of halogens is 1. The van der Waals surface area contributed by atoms with Gasteiger partial charge in [-0.05, 0) is 67.6 Å². The minimum absolute atomic E-state index is 0.0255. The first-order valence-electron chi connectivity index (χ1n) is 16.4. The standard InChI is InChI=1S/C37H41FN8O3/c1-24-4-9-28(20-29(24)33(39)34-30(38)10-11-31(43-34)49-3)46-19-15-37(36(46)48)14-18-44(22-37)21-32(47)45-16-12-26(13-17-45)25-5-7-27(8-6-25)35(40)42-23-41-2/h4-12,20,23,39H,13-19,21-22H2,1-3H3,(H2,40,41,42)/t37-/m0/s1. The molecule has 12 heteroatoms. The third-order valence-corrected chi connectivity index (χ3v) is 9.80. The molecule has 254 valence electrons. The van der Waals surface area contributed by atoms with Crippen molar-refractivity contribution < 1.29 is 18.7 Å². The molecule has 6 rings (SSSR count). The maximum Gasteiger partial charge on any atom is 0.237 e. The average molecular weight is 665 g/mol. The Balaban J connectivity index is 1.07. The Hall–Kier alpha value is -5.23. The summed E-state index contributed by atoms with van der Waals surface area (Å²) in [4.78, 5) is 45.1. The molecule has 2 saturated heterocycles. The van der Waals surface area contributed by atoms with E-state index in [9.17, 15) is 14.0 Å². The maximum absolute atomic E-state index is 14.7. The second kappa shape index (κ2) is 14.1. The minimum Gasteiger partial charge on any atom is -0.481 e. The predicted octanol–water partition coefficient (Wildman–Crippen LogP) is 4.06. The van der Waals surface area contributed by atoms with Crippen LogP contribution in [0.3, 0.4) is 0 Å². The van der Waals surface area contributed by atoms with E-state index in [0.29, 0.717) is 62.7 Å². The van der Waals surface area contributed by atoms with E-state index in [1.165, 1.54) is 31.2 Å². The van der Waals surface area contributed by atoms with Crippen molar-refractivity contribution >= 4 is 41.0 Å². The summed E-state index contributed by atoms with van der Waals surface area (Å²) in [6.07, 6.45) is 5.65. The van der Waals surface area contributed by atoms with Crippen LogP contribution in [0.25, 0.3) is 5.57 Å². The number of likely N-dealkylation sites (tertiary alicyclic amines) is 1. The van der Waals surface area contributed by atoms with Crippen molar-refractivity contribution in [1.82, 2.24) is 14.8 Å². The number of ether oxygens (including phenoxy) is 1. The van der Waals surface area contributed by atoms with Crippen LogP contribution in [0.5, 0.6) is 5.88 Å². The molecule has 0 aliphatic carbocycles. The number of aliphatic imine (C=N–C) groups is 2. The fraction of sp³-hybridized carbons (Fsp3) is 0.351. The summed E-state index contributed by atoms with van der Waals surface area (Å²) < 4.78 is 19.8. The molecule has 0 radical (unpaired) electrons. The summed E-state index contributed by atoms with van der Waals surface area (Å²) in [5.74, 6) is 0.0953. The lowest BCUT2D eigenvalue weighted by Gasteiger charge is -2.29. The monoisotopic (exact) mass is 664 g/mol. The van der Waals surface area contributed by atoms with Crippen molar-refractivity contribution in [2.24, 2.45) is 21.1 Å². The first-order valence-corrected chi connectivity index (χ1v) is 16.4. The predicted molar refractivity (Wildman–Crippen MR) is 189 cm³/mol. The number of rotatable bonds is 9. The molecule has 0 bridgehead atoms. The van der Waals surface area contributed by atoms with E-state index in [2.05, 4.69) is 25.9 Å². The molecule has 3 aromatic rings. The van der Waals surface area contributed by atoms with Gasteiger partial charge in [-0.15, -0.1) is 0 Å². The second-order valence-electron chi connectivity index (χ2n) is 12.8. The quantitative estimate of drug-likeness (QED) is 0.261. The lowest BCUT2D eigenvalue weighted by atomic mass is 9.85.